The Kier molecular flexibility index (Phi) is 4.88. The highest BCUT2D eigenvalue weighted by Crippen LogP contribution is 2.41. The van der Waals surface area contributed by atoms with Crippen molar-refractivity contribution in [3.63, 3.8) is 0 Å². The summed E-state index contributed by atoms with van der Waals surface area (Å²) in [6, 6.07) is 18.6. The first-order valence-electron chi connectivity index (χ1n) is 9.87. The minimum absolute atomic E-state index is 0.0556. The Morgan fingerprint density at radius 3 is 2.43 bits per heavy atom. The molecule has 0 spiro atoms. The summed E-state index contributed by atoms with van der Waals surface area (Å²) < 4.78 is 7.31. The molecule has 1 heterocycles. The maximum atomic E-state index is 12.8. The molecule has 144 valence electrons. The summed E-state index contributed by atoms with van der Waals surface area (Å²) in [5.74, 6) is 0.0666. The van der Waals surface area contributed by atoms with Crippen molar-refractivity contribution in [2.24, 2.45) is 5.92 Å². The van der Waals surface area contributed by atoms with Crippen LogP contribution in [0.1, 0.15) is 50.9 Å². The maximum absolute atomic E-state index is 12.8. The minimum atomic E-state index is -0.494. The van der Waals surface area contributed by atoms with Crippen LogP contribution >= 0.6 is 10.5 Å². The summed E-state index contributed by atoms with van der Waals surface area (Å²) in [6.45, 7) is 8.43. The van der Waals surface area contributed by atoms with Crippen LogP contribution in [0.25, 0.3) is 15.0 Å². The molecule has 1 aromatic heterocycles. The molecule has 0 fully saturated rings. The molecule has 4 rings (SSSR count). The van der Waals surface area contributed by atoms with Gasteiger partial charge in [-0.2, -0.15) is 0 Å². The van der Waals surface area contributed by atoms with Crippen LogP contribution in [0.2, 0.25) is 0 Å². The predicted octanol–water partition coefficient (Wildman–Crippen LogP) is 7.26. The Hall–Kier alpha value is -2.39. The van der Waals surface area contributed by atoms with E-state index >= 15 is 0 Å². The number of carbonyl (C=O) groups excluding carboxylic acids is 1. The maximum Gasteiger partial charge on any atom is 0.338 e. The molecule has 2 nitrogen and oxygen atoms in total. The van der Waals surface area contributed by atoms with Crippen molar-refractivity contribution in [3.05, 3.63) is 76.7 Å². The van der Waals surface area contributed by atoms with E-state index in [4.69, 9.17) is 4.74 Å². The van der Waals surface area contributed by atoms with Crippen molar-refractivity contribution in [2.75, 3.05) is 0 Å². The van der Waals surface area contributed by atoms with Crippen molar-refractivity contribution in [1.29, 1.82) is 0 Å². The van der Waals surface area contributed by atoms with Gasteiger partial charge in [-0.1, -0.05) is 23.3 Å². The van der Waals surface area contributed by atoms with Crippen molar-refractivity contribution < 1.29 is 9.53 Å². The van der Waals surface area contributed by atoms with Gasteiger partial charge in [0.05, 0.1) is 5.56 Å². The number of rotatable bonds is 4. The van der Waals surface area contributed by atoms with Crippen molar-refractivity contribution in [3.8, 4) is 4.90 Å². The molecule has 2 atom stereocenters. The van der Waals surface area contributed by atoms with Gasteiger partial charge in [-0.25, -0.2) is 4.79 Å². The number of fused-ring (bicyclic) bond motifs is 1. The molecule has 0 saturated carbocycles. The minimum Gasteiger partial charge on any atom is -0.455 e. The third-order valence-electron chi connectivity index (χ3n) is 6.08. The van der Waals surface area contributed by atoms with Crippen LogP contribution in [-0.2, 0) is 4.74 Å². The Labute approximate surface area is 169 Å². The number of hydrogen-bond acceptors (Lipinski definition) is 2. The number of thiophene rings is 1. The fourth-order valence-corrected chi connectivity index (χ4v) is 6.17. The quantitative estimate of drug-likeness (QED) is 0.266. The Morgan fingerprint density at radius 1 is 1.04 bits per heavy atom. The summed E-state index contributed by atoms with van der Waals surface area (Å²) >= 11 is 0. The van der Waals surface area contributed by atoms with E-state index in [1.807, 2.05) is 26.0 Å². The van der Waals surface area contributed by atoms with E-state index in [2.05, 4.69) is 61.7 Å². The van der Waals surface area contributed by atoms with Gasteiger partial charge >= 0.3 is 5.97 Å². The van der Waals surface area contributed by atoms with Gasteiger partial charge in [0.2, 0.25) is 0 Å². The van der Waals surface area contributed by atoms with E-state index in [0.717, 1.165) is 12.8 Å². The normalized spacial score (nSPS) is 18.0. The molecule has 2 aromatic carbocycles. The molecule has 3 aromatic rings. The Bertz CT molecular complexity index is 1050. The van der Waals surface area contributed by atoms with Crippen LogP contribution in [0.5, 0.6) is 0 Å². The van der Waals surface area contributed by atoms with Crippen LogP contribution < -0.4 is 0 Å². The van der Waals surface area contributed by atoms with E-state index in [-0.39, 0.29) is 16.4 Å². The molecule has 0 radical (unpaired) electrons. The predicted molar refractivity (Wildman–Crippen MR) is 118 cm³/mol. The lowest BCUT2D eigenvalue weighted by molar-refractivity contribution is -0.0219. The largest absolute Gasteiger partial charge is 0.455 e. The van der Waals surface area contributed by atoms with E-state index in [9.17, 15) is 4.79 Å². The van der Waals surface area contributed by atoms with Crippen LogP contribution in [0.15, 0.2) is 71.1 Å². The number of esters is 1. The standard InChI is InChI=1S/C25H27O2S/c1-17-9-14-22(18(17)2)25(3,4)27-24(26)20-10-12-21(13-11-20)28-16-15-19-7-5-6-8-23(19)28/h5-8,10-13,15-16,22H,9,14H2,1-4H3/q+1. The number of carbonyl (C=O) groups is 1. The fraction of sp³-hybridized carbons (Fsp3) is 0.320. The second-order valence-corrected chi connectivity index (χ2v) is 10.1. The van der Waals surface area contributed by atoms with Gasteiger partial charge in [0.1, 0.15) is 11.0 Å². The molecule has 0 bridgehead atoms. The van der Waals surface area contributed by atoms with Gasteiger partial charge in [-0.05, 0) is 76.9 Å². The smallest absolute Gasteiger partial charge is 0.338 e. The number of benzene rings is 2. The lowest BCUT2D eigenvalue weighted by Gasteiger charge is -2.32. The Balaban J connectivity index is 1.53. The highest BCUT2D eigenvalue weighted by molar-refractivity contribution is 7.43. The van der Waals surface area contributed by atoms with Gasteiger partial charge < -0.3 is 4.74 Å². The first kappa shape index (κ1) is 18.9. The average molecular weight is 392 g/mol. The molecular weight excluding hydrogens is 364 g/mol. The molecule has 3 heteroatoms. The first-order chi connectivity index (χ1) is 13.4. The van der Waals surface area contributed by atoms with Crippen LogP contribution in [0.4, 0.5) is 0 Å². The van der Waals surface area contributed by atoms with E-state index in [1.54, 1.807) is 0 Å². The van der Waals surface area contributed by atoms with E-state index in [0.29, 0.717) is 11.5 Å². The van der Waals surface area contributed by atoms with Crippen molar-refractivity contribution >= 4 is 26.5 Å². The highest BCUT2D eigenvalue weighted by atomic mass is 32.2. The van der Waals surface area contributed by atoms with Crippen molar-refractivity contribution in [2.45, 2.75) is 46.1 Å². The molecule has 0 aliphatic heterocycles. The van der Waals surface area contributed by atoms with Gasteiger partial charge in [-0.3, -0.25) is 0 Å². The SMILES string of the molecule is CC1=C(C)C(C(C)(C)OC(=O)c2ccc(-[s+]3ccc4ccccc43)cc2)CC1. The summed E-state index contributed by atoms with van der Waals surface area (Å²) in [5, 5.41) is 3.53. The zero-order chi connectivity index (χ0) is 19.9. The second kappa shape index (κ2) is 7.21. The van der Waals surface area contributed by atoms with Crippen LogP contribution in [0.3, 0.4) is 0 Å². The van der Waals surface area contributed by atoms with Gasteiger partial charge in [0, 0.05) is 27.8 Å². The van der Waals surface area contributed by atoms with E-state index < -0.39 is 5.60 Å². The molecular formula is C25H27O2S+. The second-order valence-electron chi connectivity index (χ2n) is 8.25. The Morgan fingerprint density at radius 2 is 1.75 bits per heavy atom. The molecule has 0 saturated heterocycles. The van der Waals surface area contributed by atoms with E-state index in [1.165, 1.54) is 26.1 Å². The van der Waals surface area contributed by atoms with Crippen LogP contribution in [-0.4, -0.2) is 11.6 Å². The lowest BCUT2D eigenvalue weighted by atomic mass is 9.85. The molecule has 28 heavy (non-hydrogen) atoms. The zero-order valence-corrected chi connectivity index (χ0v) is 17.8. The summed E-state index contributed by atoms with van der Waals surface area (Å²) in [5.41, 5.74) is 2.94. The summed E-state index contributed by atoms with van der Waals surface area (Å²) in [6.07, 6.45) is 2.16. The van der Waals surface area contributed by atoms with Crippen molar-refractivity contribution in [1.82, 2.24) is 0 Å². The fourth-order valence-electron chi connectivity index (χ4n) is 4.29. The zero-order valence-electron chi connectivity index (χ0n) is 17.0. The number of allylic oxidation sites excluding steroid dienone is 1. The van der Waals surface area contributed by atoms with Gasteiger partial charge in [0.25, 0.3) is 0 Å². The van der Waals surface area contributed by atoms with Crippen LogP contribution in [0, 0.1) is 5.92 Å². The third kappa shape index (κ3) is 3.40. The monoisotopic (exact) mass is 391 g/mol. The van der Waals surface area contributed by atoms with Gasteiger partial charge in [-0.15, -0.1) is 0 Å². The molecule has 1 aliphatic carbocycles. The molecule has 1 aliphatic rings. The first-order valence-corrected chi connectivity index (χ1v) is 11.2. The number of hydrogen-bond donors (Lipinski definition) is 0. The lowest BCUT2D eigenvalue weighted by Crippen LogP contribution is -2.36. The summed E-state index contributed by atoms with van der Waals surface area (Å²) in [4.78, 5) is 14.0. The molecule has 0 amide bonds. The molecule has 2 unspecified atom stereocenters. The average Bonchev–Trinajstić information content (AvgIpc) is 3.26. The third-order valence-corrected chi connectivity index (χ3v) is 8.12. The summed E-state index contributed by atoms with van der Waals surface area (Å²) in [7, 11) is -0.0556. The van der Waals surface area contributed by atoms with Gasteiger partial charge in [0.15, 0.2) is 9.60 Å². The number of ether oxygens (including phenoxy) is 1. The topological polar surface area (TPSA) is 26.3 Å². The molecule has 0 N–H and O–H groups in total. The highest BCUT2D eigenvalue weighted by Gasteiger charge is 2.37.